The number of nitrogens with zero attached hydrogens (tertiary/aromatic N) is 2. The lowest BCUT2D eigenvalue weighted by molar-refractivity contribution is 0.00635. The monoisotopic (exact) mass is 358 g/mol. The van der Waals surface area contributed by atoms with Crippen LogP contribution in [-0.4, -0.2) is 47.2 Å². The van der Waals surface area contributed by atoms with E-state index in [4.69, 9.17) is 4.74 Å². The van der Waals surface area contributed by atoms with Crippen LogP contribution in [0.1, 0.15) is 58.9 Å². The van der Waals surface area contributed by atoms with Crippen LogP contribution in [0.4, 0.5) is 4.79 Å². The standard InChI is InChI=1S/C22H34N2O2/c1-21(2,3)26-20(25)24(19-10-11-19)17-22(4)12-14-23(15-13-22)16-18-8-6-5-7-9-18/h5-9,19H,10-17H2,1-4H3. The topological polar surface area (TPSA) is 32.8 Å². The fourth-order valence-corrected chi connectivity index (χ4v) is 3.71. The summed E-state index contributed by atoms with van der Waals surface area (Å²) in [5.74, 6) is 0. The van der Waals surface area contributed by atoms with E-state index < -0.39 is 5.60 Å². The zero-order valence-corrected chi connectivity index (χ0v) is 16.8. The van der Waals surface area contributed by atoms with Crippen molar-refractivity contribution in [2.45, 2.75) is 71.6 Å². The number of ether oxygens (including phenoxy) is 1. The number of hydrogen-bond donors (Lipinski definition) is 0. The number of likely N-dealkylation sites (tertiary alicyclic amines) is 1. The van der Waals surface area contributed by atoms with Crippen molar-refractivity contribution < 1.29 is 9.53 Å². The maximum atomic E-state index is 12.7. The van der Waals surface area contributed by atoms with Crippen LogP contribution in [-0.2, 0) is 11.3 Å². The first-order valence-corrected chi connectivity index (χ1v) is 10.0. The highest BCUT2D eigenvalue weighted by Crippen LogP contribution is 2.37. The molecule has 1 aliphatic carbocycles. The number of rotatable bonds is 5. The molecule has 1 saturated carbocycles. The van der Waals surface area contributed by atoms with E-state index >= 15 is 0 Å². The molecule has 2 aliphatic rings. The minimum Gasteiger partial charge on any atom is -0.444 e. The van der Waals surface area contributed by atoms with Gasteiger partial charge in [0, 0.05) is 19.1 Å². The quantitative estimate of drug-likeness (QED) is 0.765. The number of amides is 1. The molecule has 0 radical (unpaired) electrons. The fourth-order valence-electron chi connectivity index (χ4n) is 3.71. The Labute approximate surface area is 158 Å². The summed E-state index contributed by atoms with van der Waals surface area (Å²) in [6.07, 6.45) is 4.37. The lowest BCUT2D eigenvalue weighted by Gasteiger charge is -2.42. The lowest BCUT2D eigenvalue weighted by Crippen LogP contribution is -2.48. The van der Waals surface area contributed by atoms with Crippen LogP contribution in [0.5, 0.6) is 0 Å². The van der Waals surface area contributed by atoms with Gasteiger partial charge in [0.05, 0.1) is 0 Å². The first-order chi connectivity index (χ1) is 12.2. The van der Waals surface area contributed by atoms with Gasteiger partial charge in [0.25, 0.3) is 0 Å². The minimum atomic E-state index is -0.426. The Morgan fingerprint density at radius 3 is 2.35 bits per heavy atom. The zero-order valence-electron chi connectivity index (χ0n) is 16.8. The van der Waals surface area contributed by atoms with Gasteiger partial charge in [-0.2, -0.15) is 0 Å². The summed E-state index contributed by atoms with van der Waals surface area (Å²) in [7, 11) is 0. The van der Waals surface area contributed by atoms with E-state index in [0.717, 1.165) is 51.9 Å². The molecular weight excluding hydrogens is 324 g/mol. The van der Waals surface area contributed by atoms with Gasteiger partial charge in [0.1, 0.15) is 5.60 Å². The molecular formula is C22H34N2O2. The molecule has 1 saturated heterocycles. The van der Waals surface area contributed by atoms with Crippen molar-refractivity contribution in [1.29, 1.82) is 0 Å². The number of hydrogen-bond acceptors (Lipinski definition) is 3. The van der Waals surface area contributed by atoms with E-state index in [1.165, 1.54) is 5.56 Å². The predicted molar refractivity (Wildman–Crippen MR) is 105 cm³/mol. The number of benzene rings is 1. The molecule has 1 amide bonds. The maximum absolute atomic E-state index is 12.7. The molecule has 2 fully saturated rings. The van der Waals surface area contributed by atoms with E-state index in [1.807, 2.05) is 25.7 Å². The van der Waals surface area contributed by atoms with Gasteiger partial charge in [0.2, 0.25) is 0 Å². The van der Waals surface area contributed by atoms with Gasteiger partial charge in [-0.05, 0) is 70.5 Å². The Morgan fingerprint density at radius 2 is 1.81 bits per heavy atom. The lowest BCUT2D eigenvalue weighted by atomic mass is 9.79. The van der Waals surface area contributed by atoms with Gasteiger partial charge in [0.15, 0.2) is 0 Å². The third-order valence-corrected chi connectivity index (χ3v) is 5.48. The van der Waals surface area contributed by atoms with Crippen LogP contribution < -0.4 is 0 Å². The maximum Gasteiger partial charge on any atom is 0.410 e. The third-order valence-electron chi connectivity index (χ3n) is 5.48. The summed E-state index contributed by atoms with van der Waals surface area (Å²) in [5, 5.41) is 0. The van der Waals surface area contributed by atoms with Crippen LogP contribution in [0.15, 0.2) is 30.3 Å². The predicted octanol–water partition coefficient (Wildman–Crippen LogP) is 4.69. The summed E-state index contributed by atoms with van der Waals surface area (Å²) in [5.41, 5.74) is 1.14. The summed E-state index contributed by atoms with van der Waals surface area (Å²) >= 11 is 0. The summed E-state index contributed by atoms with van der Waals surface area (Å²) in [6, 6.07) is 11.1. The van der Waals surface area contributed by atoms with E-state index in [1.54, 1.807) is 0 Å². The number of carbonyl (C=O) groups excluding carboxylic acids is 1. The Morgan fingerprint density at radius 1 is 1.19 bits per heavy atom. The van der Waals surface area contributed by atoms with Crippen molar-refractivity contribution in [2.75, 3.05) is 19.6 Å². The molecule has 1 aliphatic heterocycles. The van der Waals surface area contributed by atoms with Gasteiger partial charge in [-0.15, -0.1) is 0 Å². The van der Waals surface area contributed by atoms with E-state index in [2.05, 4.69) is 42.2 Å². The van der Waals surface area contributed by atoms with E-state index in [9.17, 15) is 4.79 Å². The molecule has 0 N–H and O–H groups in total. The van der Waals surface area contributed by atoms with Gasteiger partial charge in [-0.3, -0.25) is 4.90 Å². The number of carbonyl (C=O) groups is 1. The second kappa shape index (κ2) is 7.59. The molecule has 1 heterocycles. The largest absolute Gasteiger partial charge is 0.444 e. The molecule has 26 heavy (non-hydrogen) atoms. The third kappa shape index (κ3) is 5.47. The van der Waals surface area contributed by atoms with Crippen molar-refractivity contribution in [3.63, 3.8) is 0 Å². The van der Waals surface area contributed by atoms with Crippen molar-refractivity contribution in [3.8, 4) is 0 Å². The fraction of sp³-hybridized carbons (Fsp3) is 0.682. The highest BCUT2D eigenvalue weighted by molar-refractivity contribution is 5.69. The molecule has 0 atom stereocenters. The van der Waals surface area contributed by atoms with Crippen LogP contribution in [0, 0.1) is 5.41 Å². The summed E-state index contributed by atoms with van der Waals surface area (Å²) < 4.78 is 5.66. The molecule has 0 unspecified atom stereocenters. The first-order valence-electron chi connectivity index (χ1n) is 10.0. The highest BCUT2D eigenvalue weighted by atomic mass is 16.6. The Bertz CT molecular complexity index is 596. The molecule has 1 aromatic carbocycles. The van der Waals surface area contributed by atoms with Crippen molar-refractivity contribution in [1.82, 2.24) is 9.80 Å². The second-order valence-electron chi connectivity index (χ2n) is 9.41. The number of piperidine rings is 1. The molecule has 144 valence electrons. The summed E-state index contributed by atoms with van der Waals surface area (Å²) in [6.45, 7) is 12.2. The van der Waals surface area contributed by atoms with Gasteiger partial charge >= 0.3 is 6.09 Å². The van der Waals surface area contributed by atoms with Crippen LogP contribution >= 0.6 is 0 Å². The molecule has 3 rings (SSSR count). The Balaban J connectivity index is 1.54. The van der Waals surface area contributed by atoms with Crippen LogP contribution in [0.25, 0.3) is 0 Å². The molecule has 4 heteroatoms. The highest BCUT2D eigenvalue weighted by Gasteiger charge is 2.40. The first kappa shape index (κ1) is 19.2. The van der Waals surface area contributed by atoms with Crippen molar-refractivity contribution >= 4 is 6.09 Å². The minimum absolute atomic E-state index is 0.132. The summed E-state index contributed by atoms with van der Waals surface area (Å²) in [4.78, 5) is 17.2. The molecule has 4 nitrogen and oxygen atoms in total. The smallest absolute Gasteiger partial charge is 0.410 e. The van der Waals surface area contributed by atoms with Gasteiger partial charge in [-0.25, -0.2) is 4.79 Å². The van der Waals surface area contributed by atoms with Crippen LogP contribution in [0.2, 0.25) is 0 Å². The normalized spacial score (nSPS) is 20.6. The van der Waals surface area contributed by atoms with Crippen molar-refractivity contribution in [3.05, 3.63) is 35.9 Å². The zero-order chi connectivity index (χ0) is 18.8. The average molecular weight is 359 g/mol. The van der Waals surface area contributed by atoms with Crippen LogP contribution in [0.3, 0.4) is 0 Å². The molecule has 0 spiro atoms. The SMILES string of the molecule is CC1(CN(C(=O)OC(C)(C)C)C2CC2)CCN(Cc2ccccc2)CC1. The van der Waals surface area contributed by atoms with Gasteiger partial charge < -0.3 is 9.64 Å². The average Bonchev–Trinajstić information content (AvgIpc) is 3.39. The van der Waals surface area contributed by atoms with Crippen molar-refractivity contribution in [2.24, 2.45) is 5.41 Å². The molecule has 0 bridgehead atoms. The van der Waals surface area contributed by atoms with Gasteiger partial charge in [-0.1, -0.05) is 37.3 Å². The molecule has 0 aromatic heterocycles. The van der Waals surface area contributed by atoms with E-state index in [0.29, 0.717) is 6.04 Å². The Hall–Kier alpha value is -1.55. The Kier molecular flexibility index (Phi) is 5.61. The second-order valence-corrected chi connectivity index (χ2v) is 9.41. The molecule has 1 aromatic rings. The van der Waals surface area contributed by atoms with E-state index in [-0.39, 0.29) is 11.5 Å².